The lowest BCUT2D eigenvalue weighted by Gasteiger charge is -2.18. The van der Waals surface area contributed by atoms with Crippen molar-refractivity contribution in [3.8, 4) is 0 Å². The van der Waals surface area contributed by atoms with E-state index in [9.17, 15) is 4.79 Å². The summed E-state index contributed by atoms with van der Waals surface area (Å²) in [5.74, 6) is 1.07. The van der Waals surface area contributed by atoms with Crippen molar-refractivity contribution in [2.75, 3.05) is 6.54 Å². The van der Waals surface area contributed by atoms with E-state index in [-0.39, 0.29) is 5.91 Å². The highest BCUT2D eigenvalue weighted by molar-refractivity contribution is 6.17. The highest BCUT2D eigenvalue weighted by atomic mass is 35.5. The van der Waals surface area contributed by atoms with Crippen molar-refractivity contribution in [2.24, 2.45) is 5.92 Å². The minimum Gasteiger partial charge on any atom is -0.352 e. The Bertz CT molecular complexity index is 425. The number of rotatable bonds is 4. The molecular formula is C15H18ClNO. The predicted molar refractivity (Wildman–Crippen MR) is 74.8 cm³/mol. The fraction of sp³-hybridized carbons (Fsp3) is 0.400. The highest BCUT2D eigenvalue weighted by Gasteiger charge is 2.12. The van der Waals surface area contributed by atoms with Gasteiger partial charge in [0.2, 0.25) is 0 Å². The summed E-state index contributed by atoms with van der Waals surface area (Å²) < 4.78 is 0. The number of allylic oxidation sites excluding steroid dienone is 2. The fourth-order valence-corrected chi connectivity index (χ4v) is 2.30. The maximum Gasteiger partial charge on any atom is 0.251 e. The SMILES string of the molecule is O=C(NCC1CC=CCC1)c1ccc(CCl)cc1. The van der Waals surface area contributed by atoms with E-state index in [1.807, 2.05) is 24.3 Å². The molecule has 0 fully saturated rings. The molecule has 2 rings (SSSR count). The normalized spacial score (nSPS) is 18.6. The molecule has 0 spiro atoms. The Hall–Kier alpha value is -1.28. The number of hydrogen-bond acceptors (Lipinski definition) is 1. The zero-order valence-corrected chi connectivity index (χ0v) is 11.1. The molecule has 2 nitrogen and oxygen atoms in total. The number of alkyl halides is 1. The molecule has 1 atom stereocenters. The molecule has 1 aromatic rings. The Kier molecular flexibility index (Phi) is 4.82. The lowest BCUT2D eigenvalue weighted by atomic mass is 9.94. The van der Waals surface area contributed by atoms with Gasteiger partial charge in [0, 0.05) is 18.0 Å². The van der Waals surface area contributed by atoms with Crippen LogP contribution in [0.5, 0.6) is 0 Å². The molecular weight excluding hydrogens is 246 g/mol. The number of benzene rings is 1. The van der Waals surface area contributed by atoms with Gasteiger partial charge in [-0.1, -0.05) is 24.3 Å². The van der Waals surface area contributed by atoms with Crippen LogP contribution in [0, 0.1) is 5.92 Å². The number of halogens is 1. The van der Waals surface area contributed by atoms with Crippen LogP contribution in [0.25, 0.3) is 0 Å². The Morgan fingerprint density at radius 3 is 2.67 bits per heavy atom. The molecule has 1 aliphatic carbocycles. The van der Waals surface area contributed by atoms with Gasteiger partial charge in [-0.25, -0.2) is 0 Å². The molecule has 0 radical (unpaired) electrons. The number of hydrogen-bond donors (Lipinski definition) is 1. The Morgan fingerprint density at radius 1 is 1.28 bits per heavy atom. The van der Waals surface area contributed by atoms with E-state index in [1.54, 1.807) is 0 Å². The second kappa shape index (κ2) is 6.60. The van der Waals surface area contributed by atoms with Gasteiger partial charge in [-0.3, -0.25) is 4.79 Å². The van der Waals surface area contributed by atoms with E-state index < -0.39 is 0 Å². The van der Waals surface area contributed by atoms with Gasteiger partial charge >= 0.3 is 0 Å². The molecule has 3 heteroatoms. The van der Waals surface area contributed by atoms with Crippen LogP contribution in [-0.4, -0.2) is 12.5 Å². The van der Waals surface area contributed by atoms with E-state index in [4.69, 9.17) is 11.6 Å². The maximum absolute atomic E-state index is 11.9. The topological polar surface area (TPSA) is 29.1 Å². The largest absolute Gasteiger partial charge is 0.352 e. The van der Waals surface area contributed by atoms with E-state index in [0.717, 1.165) is 24.9 Å². The zero-order valence-electron chi connectivity index (χ0n) is 10.4. The van der Waals surface area contributed by atoms with Gasteiger partial charge in [-0.15, -0.1) is 11.6 Å². The summed E-state index contributed by atoms with van der Waals surface area (Å²) in [5.41, 5.74) is 1.74. The first-order valence-corrected chi connectivity index (χ1v) is 6.91. The molecule has 0 aliphatic heterocycles. The second-order valence-electron chi connectivity index (χ2n) is 4.69. The summed E-state index contributed by atoms with van der Waals surface area (Å²) in [5, 5.41) is 3.00. The van der Waals surface area contributed by atoms with Crippen LogP contribution in [0.2, 0.25) is 0 Å². The van der Waals surface area contributed by atoms with Crippen LogP contribution in [0.15, 0.2) is 36.4 Å². The van der Waals surface area contributed by atoms with Crippen molar-refractivity contribution < 1.29 is 4.79 Å². The van der Waals surface area contributed by atoms with E-state index >= 15 is 0 Å². The lowest BCUT2D eigenvalue weighted by molar-refractivity contribution is 0.0946. The van der Waals surface area contributed by atoms with Crippen LogP contribution in [0.1, 0.15) is 35.2 Å². The molecule has 1 amide bonds. The lowest BCUT2D eigenvalue weighted by Crippen LogP contribution is -2.29. The molecule has 1 N–H and O–H groups in total. The third-order valence-electron chi connectivity index (χ3n) is 3.30. The first-order chi connectivity index (χ1) is 8.79. The molecule has 0 bridgehead atoms. The number of carbonyl (C=O) groups excluding carboxylic acids is 1. The summed E-state index contributed by atoms with van der Waals surface area (Å²) in [7, 11) is 0. The molecule has 96 valence electrons. The minimum absolute atomic E-state index is 0.00526. The van der Waals surface area contributed by atoms with Gasteiger partial charge in [-0.05, 0) is 42.9 Å². The van der Waals surface area contributed by atoms with Crippen LogP contribution >= 0.6 is 11.6 Å². The van der Waals surface area contributed by atoms with E-state index in [2.05, 4.69) is 17.5 Å². The summed E-state index contributed by atoms with van der Waals surface area (Å²) in [4.78, 5) is 11.9. The molecule has 1 unspecified atom stereocenters. The summed E-state index contributed by atoms with van der Waals surface area (Å²) in [6.45, 7) is 0.764. The molecule has 18 heavy (non-hydrogen) atoms. The smallest absolute Gasteiger partial charge is 0.251 e. The van der Waals surface area contributed by atoms with Crippen molar-refractivity contribution in [3.05, 3.63) is 47.5 Å². The summed E-state index contributed by atoms with van der Waals surface area (Å²) in [6, 6.07) is 7.44. The Labute approximate surface area is 113 Å². The molecule has 1 aromatic carbocycles. The third-order valence-corrected chi connectivity index (χ3v) is 3.61. The maximum atomic E-state index is 11.9. The van der Waals surface area contributed by atoms with E-state index in [1.165, 1.54) is 6.42 Å². The molecule has 0 saturated heterocycles. The average Bonchev–Trinajstić information content (AvgIpc) is 2.46. The standard InChI is InChI=1S/C15H18ClNO/c16-10-12-6-8-14(9-7-12)15(18)17-11-13-4-2-1-3-5-13/h1-2,6-9,13H,3-5,10-11H2,(H,17,18). The monoisotopic (exact) mass is 263 g/mol. The summed E-state index contributed by atoms with van der Waals surface area (Å²) in [6.07, 6.45) is 7.79. The van der Waals surface area contributed by atoms with Crippen LogP contribution < -0.4 is 5.32 Å². The first kappa shape index (κ1) is 13.2. The van der Waals surface area contributed by atoms with Gasteiger partial charge in [0.25, 0.3) is 5.91 Å². The third kappa shape index (κ3) is 3.61. The van der Waals surface area contributed by atoms with Gasteiger partial charge in [0.1, 0.15) is 0 Å². The molecule has 1 aliphatic rings. The Morgan fingerprint density at radius 2 is 2.06 bits per heavy atom. The van der Waals surface area contributed by atoms with Crippen molar-refractivity contribution in [3.63, 3.8) is 0 Å². The number of nitrogens with one attached hydrogen (secondary N) is 1. The number of carbonyl (C=O) groups is 1. The number of amides is 1. The van der Waals surface area contributed by atoms with Crippen molar-refractivity contribution in [2.45, 2.75) is 25.1 Å². The van der Waals surface area contributed by atoms with Crippen LogP contribution in [0.3, 0.4) is 0 Å². The molecule has 0 aromatic heterocycles. The quantitative estimate of drug-likeness (QED) is 0.654. The van der Waals surface area contributed by atoms with Crippen LogP contribution in [-0.2, 0) is 5.88 Å². The fourth-order valence-electron chi connectivity index (χ4n) is 2.13. The van der Waals surface area contributed by atoms with Gasteiger partial charge in [-0.2, -0.15) is 0 Å². The first-order valence-electron chi connectivity index (χ1n) is 6.37. The molecule has 0 heterocycles. The molecule has 0 saturated carbocycles. The van der Waals surface area contributed by atoms with Crippen molar-refractivity contribution >= 4 is 17.5 Å². The average molecular weight is 264 g/mol. The Balaban J connectivity index is 1.84. The predicted octanol–water partition coefficient (Wildman–Crippen LogP) is 3.51. The summed E-state index contributed by atoms with van der Waals surface area (Å²) >= 11 is 5.71. The zero-order chi connectivity index (χ0) is 12.8. The van der Waals surface area contributed by atoms with Gasteiger partial charge in [0.05, 0.1) is 0 Å². The van der Waals surface area contributed by atoms with Crippen LogP contribution in [0.4, 0.5) is 0 Å². The van der Waals surface area contributed by atoms with Crippen molar-refractivity contribution in [1.82, 2.24) is 5.32 Å². The van der Waals surface area contributed by atoms with E-state index in [0.29, 0.717) is 17.4 Å². The van der Waals surface area contributed by atoms with Gasteiger partial charge in [0.15, 0.2) is 0 Å². The van der Waals surface area contributed by atoms with Gasteiger partial charge < -0.3 is 5.32 Å². The highest BCUT2D eigenvalue weighted by Crippen LogP contribution is 2.17. The second-order valence-corrected chi connectivity index (χ2v) is 4.96. The minimum atomic E-state index is 0.00526. The van der Waals surface area contributed by atoms with Crippen molar-refractivity contribution in [1.29, 1.82) is 0 Å².